The fourth-order valence-corrected chi connectivity index (χ4v) is 3.40. The quantitative estimate of drug-likeness (QED) is 0.742. The van der Waals surface area contributed by atoms with Gasteiger partial charge in [-0.3, -0.25) is 4.79 Å². The highest BCUT2D eigenvalue weighted by Gasteiger charge is 2.29. The maximum Gasteiger partial charge on any atom is 0.241 e. The second-order valence-corrected chi connectivity index (χ2v) is 6.00. The number of hydrogen-bond donors (Lipinski definition) is 0. The Morgan fingerprint density at radius 1 is 1.42 bits per heavy atom. The third kappa shape index (κ3) is 3.51. The Labute approximate surface area is 120 Å². The summed E-state index contributed by atoms with van der Waals surface area (Å²) >= 11 is 5.79. The molecule has 0 aromatic heterocycles. The van der Waals surface area contributed by atoms with Crippen molar-refractivity contribution in [3.63, 3.8) is 0 Å². The lowest BCUT2D eigenvalue weighted by Crippen LogP contribution is -2.40. The number of carbonyl (C=O) groups is 1. The molecule has 0 radical (unpaired) electrons. The van der Waals surface area contributed by atoms with Gasteiger partial charge in [0.2, 0.25) is 5.91 Å². The fraction of sp³-hybridized carbons (Fsp3) is 0.800. The summed E-state index contributed by atoms with van der Waals surface area (Å²) in [6.45, 7) is 5.85. The maximum atomic E-state index is 12.2. The van der Waals surface area contributed by atoms with Gasteiger partial charge in [0.25, 0.3) is 0 Å². The monoisotopic (exact) mass is 285 g/mol. The zero-order chi connectivity index (χ0) is 13.8. The maximum absolute atomic E-state index is 12.2. The molecule has 0 saturated carbocycles. The van der Waals surface area contributed by atoms with Gasteiger partial charge in [-0.15, -0.1) is 11.6 Å². The molecule has 2 rings (SSSR count). The Hall–Kier alpha value is -0.540. The number of rotatable bonds is 4. The van der Waals surface area contributed by atoms with Gasteiger partial charge in [-0.1, -0.05) is 12.5 Å². The SMILES string of the molecule is CC1=C(N(CC2CCCO2)C(=O)CCl)C(C)CCC1. The van der Waals surface area contributed by atoms with E-state index in [0.29, 0.717) is 12.5 Å². The van der Waals surface area contributed by atoms with Crippen molar-refractivity contribution in [1.29, 1.82) is 0 Å². The van der Waals surface area contributed by atoms with Crippen LogP contribution in [0.1, 0.15) is 46.0 Å². The van der Waals surface area contributed by atoms with E-state index in [9.17, 15) is 4.79 Å². The highest BCUT2D eigenvalue weighted by Crippen LogP contribution is 2.33. The summed E-state index contributed by atoms with van der Waals surface area (Å²) in [6, 6.07) is 0. The lowest BCUT2D eigenvalue weighted by atomic mass is 9.88. The van der Waals surface area contributed by atoms with Crippen LogP contribution in [0.2, 0.25) is 0 Å². The molecule has 2 atom stereocenters. The molecule has 108 valence electrons. The summed E-state index contributed by atoms with van der Waals surface area (Å²) in [5.41, 5.74) is 2.54. The molecule has 0 N–H and O–H groups in total. The van der Waals surface area contributed by atoms with E-state index < -0.39 is 0 Å². The first kappa shape index (κ1) is 14.9. The fourth-order valence-electron chi connectivity index (χ4n) is 3.25. The van der Waals surface area contributed by atoms with Gasteiger partial charge in [0.1, 0.15) is 5.88 Å². The van der Waals surface area contributed by atoms with Crippen molar-refractivity contribution in [3.8, 4) is 0 Å². The number of halogens is 1. The molecule has 4 heteroatoms. The number of ether oxygens (including phenoxy) is 1. The van der Waals surface area contributed by atoms with Crippen LogP contribution < -0.4 is 0 Å². The van der Waals surface area contributed by atoms with E-state index in [0.717, 1.165) is 32.3 Å². The van der Waals surface area contributed by atoms with Crippen LogP contribution in [0.3, 0.4) is 0 Å². The van der Waals surface area contributed by atoms with Crippen LogP contribution in [0.4, 0.5) is 0 Å². The van der Waals surface area contributed by atoms with Crippen LogP contribution in [-0.4, -0.2) is 35.9 Å². The molecule has 2 unspecified atom stereocenters. The summed E-state index contributed by atoms with van der Waals surface area (Å²) in [5.74, 6) is 0.513. The number of hydrogen-bond acceptors (Lipinski definition) is 2. The Kier molecular flexibility index (Phi) is 5.28. The first-order chi connectivity index (χ1) is 9.13. The van der Waals surface area contributed by atoms with Crippen LogP contribution in [0.25, 0.3) is 0 Å². The van der Waals surface area contributed by atoms with Crippen LogP contribution in [-0.2, 0) is 9.53 Å². The van der Waals surface area contributed by atoms with Crippen molar-refractivity contribution in [2.24, 2.45) is 5.92 Å². The summed E-state index contributed by atoms with van der Waals surface area (Å²) in [4.78, 5) is 14.1. The lowest BCUT2D eigenvalue weighted by Gasteiger charge is -2.35. The third-order valence-electron chi connectivity index (χ3n) is 4.21. The van der Waals surface area contributed by atoms with Gasteiger partial charge in [-0.2, -0.15) is 0 Å². The Balaban J connectivity index is 2.18. The number of allylic oxidation sites excluding steroid dienone is 2. The highest BCUT2D eigenvalue weighted by atomic mass is 35.5. The molecule has 3 nitrogen and oxygen atoms in total. The minimum atomic E-state index is 0.0141. The molecule has 1 fully saturated rings. The van der Waals surface area contributed by atoms with E-state index in [1.165, 1.54) is 17.7 Å². The minimum Gasteiger partial charge on any atom is -0.376 e. The van der Waals surface area contributed by atoms with Crippen molar-refractivity contribution < 1.29 is 9.53 Å². The Bertz CT molecular complexity index is 361. The summed E-state index contributed by atoms with van der Waals surface area (Å²) < 4.78 is 5.68. The molecular formula is C15H24ClNO2. The third-order valence-corrected chi connectivity index (χ3v) is 4.44. The van der Waals surface area contributed by atoms with Gasteiger partial charge < -0.3 is 9.64 Å². The van der Waals surface area contributed by atoms with Crippen LogP contribution in [0, 0.1) is 5.92 Å². The second kappa shape index (κ2) is 6.76. The molecule has 1 amide bonds. The largest absolute Gasteiger partial charge is 0.376 e. The highest BCUT2D eigenvalue weighted by molar-refractivity contribution is 6.27. The van der Waals surface area contributed by atoms with Crippen molar-refractivity contribution in [1.82, 2.24) is 4.90 Å². The zero-order valence-corrected chi connectivity index (χ0v) is 12.7. The standard InChI is InChI=1S/C15H24ClNO2/c1-11-5-3-6-12(2)15(11)17(14(18)9-16)10-13-7-4-8-19-13/h11,13H,3-10H2,1-2H3. The number of alkyl halides is 1. The summed E-state index contributed by atoms with van der Waals surface area (Å²) in [7, 11) is 0. The number of nitrogens with zero attached hydrogens (tertiary/aromatic N) is 1. The van der Waals surface area contributed by atoms with Crippen LogP contribution >= 0.6 is 11.6 Å². The zero-order valence-electron chi connectivity index (χ0n) is 12.0. The molecule has 1 aliphatic carbocycles. The molecule has 0 bridgehead atoms. The molecule has 1 heterocycles. The van der Waals surface area contributed by atoms with Crippen molar-refractivity contribution in [2.75, 3.05) is 19.0 Å². The predicted octanol–water partition coefficient (Wildman–Crippen LogP) is 3.33. The molecule has 0 spiro atoms. The van der Waals surface area contributed by atoms with E-state index >= 15 is 0 Å². The van der Waals surface area contributed by atoms with E-state index in [2.05, 4.69) is 13.8 Å². The van der Waals surface area contributed by atoms with Crippen LogP contribution in [0.15, 0.2) is 11.3 Å². The van der Waals surface area contributed by atoms with Crippen molar-refractivity contribution in [2.45, 2.75) is 52.1 Å². The lowest BCUT2D eigenvalue weighted by molar-refractivity contribution is -0.128. The van der Waals surface area contributed by atoms with Gasteiger partial charge in [-0.05, 0) is 44.9 Å². The summed E-state index contributed by atoms with van der Waals surface area (Å²) in [5, 5.41) is 0. The van der Waals surface area contributed by atoms with E-state index in [4.69, 9.17) is 16.3 Å². The molecule has 19 heavy (non-hydrogen) atoms. The van der Waals surface area contributed by atoms with E-state index in [1.807, 2.05) is 4.90 Å². The smallest absolute Gasteiger partial charge is 0.241 e. The van der Waals surface area contributed by atoms with Gasteiger partial charge in [0, 0.05) is 12.3 Å². The number of carbonyl (C=O) groups excluding carboxylic acids is 1. The van der Waals surface area contributed by atoms with Gasteiger partial charge in [0.15, 0.2) is 0 Å². The first-order valence-electron chi connectivity index (χ1n) is 7.31. The topological polar surface area (TPSA) is 29.5 Å². The van der Waals surface area contributed by atoms with Crippen LogP contribution in [0.5, 0.6) is 0 Å². The first-order valence-corrected chi connectivity index (χ1v) is 7.84. The molecule has 1 aliphatic heterocycles. The average Bonchev–Trinajstić information content (AvgIpc) is 2.89. The molecule has 0 aromatic rings. The molecular weight excluding hydrogens is 262 g/mol. The van der Waals surface area contributed by atoms with Gasteiger partial charge >= 0.3 is 0 Å². The van der Waals surface area contributed by atoms with E-state index in [-0.39, 0.29) is 17.9 Å². The average molecular weight is 286 g/mol. The summed E-state index contributed by atoms with van der Waals surface area (Å²) in [6.07, 6.45) is 5.80. The predicted molar refractivity (Wildman–Crippen MR) is 77.1 cm³/mol. The van der Waals surface area contributed by atoms with Gasteiger partial charge in [0.05, 0.1) is 12.6 Å². The van der Waals surface area contributed by atoms with Crippen molar-refractivity contribution in [3.05, 3.63) is 11.3 Å². The second-order valence-electron chi connectivity index (χ2n) is 5.73. The van der Waals surface area contributed by atoms with Gasteiger partial charge in [-0.25, -0.2) is 0 Å². The molecule has 0 aromatic carbocycles. The molecule has 1 saturated heterocycles. The Morgan fingerprint density at radius 2 is 2.21 bits per heavy atom. The normalized spacial score (nSPS) is 27.7. The Morgan fingerprint density at radius 3 is 2.79 bits per heavy atom. The van der Waals surface area contributed by atoms with E-state index in [1.54, 1.807) is 0 Å². The minimum absolute atomic E-state index is 0.0141. The van der Waals surface area contributed by atoms with Crippen molar-refractivity contribution >= 4 is 17.5 Å². The number of amides is 1. The molecule has 2 aliphatic rings.